The van der Waals surface area contributed by atoms with Gasteiger partial charge in [0.2, 0.25) is 5.91 Å². The zero-order chi connectivity index (χ0) is 18.0. The second-order valence-corrected chi connectivity index (χ2v) is 6.93. The Morgan fingerprint density at radius 1 is 1.20 bits per heavy atom. The van der Waals surface area contributed by atoms with Crippen LogP contribution in [0.5, 0.6) is 0 Å². The van der Waals surface area contributed by atoms with Crippen molar-refractivity contribution in [2.24, 2.45) is 5.92 Å². The zero-order valence-corrected chi connectivity index (χ0v) is 14.8. The molecule has 2 aliphatic heterocycles. The van der Waals surface area contributed by atoms with Crippen molar-refractivity contribution in [1.29, 1.82) is 0 Å². The van der Waals surface area contributed by atoms with Gasteiger partial charge in [0, 0.05) is 0 Å². The quantitative estimate of drug-likeness (QED) is 0.648. The smallest absolute Gasteiger partial charge is 0.338 e. The van der Waals surface area contributed by atoms with Gasteiger partial charge in [-0.1, -0.05) is 6.92 Å². The van der Waals surface area contributed by atoms with Crippen molar-refractivity contribution in [2.75, 3.05) is 24.6 Å². The van der Waals surface area contributed by atoms with Gasteiger partial charge in [0.1, 0.15) is 0 Å². The Kier molecular flexibility index (Phi) is 5.18. The molecule has 1 aromatic rings. The van der Waals surface area contributed by atoms with Crippen LogP contribution in [0, 0.1) is 5.92 Å². The molecule has 2 heterocycles. The largest absolute Gasteiger partial charge is 0.462 e. The fourth-order valence-electron chi connectivity index (χ4n) is 3.66. The third-order valence-corrected chi connectivity index (χ3v) is 5.19. The van der Waals surface area contributed by atoms with Crippen LogP contribution < -0.4 is 9.80 Å². The molecule has 1 N–H and O–H groups in total. The number of ether oxygens (including phenoxy) is 1. The standard InChI is InChI=1S/C19H24N2O4/c1-3-25-19(24)14-4-6-15(7-5-14)21-17(22)12-16(18(21)23)20-10-8-13(2)9-11-20/h4-7,13,16H,3,8-12H2,1-2H3/p+1/t16-/m1/s1. The molecule has 0 radical (unpaired) electrons. The van der Waals surface area contributed by atoms with Gasteiger partial charge >= 0.3 is 5.97 Å². The summed E-state index contributed by atoms with van der Waals surface area (Å²) in [6, 6.07) is 6.19. The summed E-state index contributed by atoms with van der Waals surface area (Å²) in [5.74, 6) is 0.00353. The lowest BCUT2D eigenvalue weighted by Crippen LogP contribution is -3.17. The van der Waals surface area contributed by atoms with Crippen LogP contribution in [0.2, 0.25) is 0 Å². The van der Waals surface area contributed by atoms with Gasteiger partial charge in [-0.3, -0.25) is 9.59 Å². The van der Waals surface area contributed by atoms with E-state index in [0.29, 0.717) is 23.8 Å². The molecule has 6 nitrogen and oxygen atoms in total. The van der Waals surface area contributed by atoms with Gasteiger partial charge in [-0.05, 0) is 49.9 Å². The zero-order valence-electron chi connectivity index (χ0n) is 14.8. The van der Waals surface area contributed by atoms with Gasteiger partial charge in [-0.2, -0.15) is 0 Å². The monoisotopic (exact) mass is 345 g/mol. The van der Waals surface area contributed by atoms with Gasteiger partial charge < -0.3 is 9.64 Å². The number of carbonyl (C=O) groups excluding carboxylic acids is 3. The predicted octanol–water partition coefficient (Wildman–Crippen LogP) is 0.810. The summed E-state index contributed by atoms with van der Waals surface area (Å²) in [5, 5.41) is 0. The second-order valence-electron chi connectivity index (χ2n) is 6.93. The number of nitrogens with one attached hydrogen (secondary N) is 1. The number of piperidine rings is 1. The van der Waals surface area contributed by atoms with Crippen LogP contribution in [0.3, 0.4) is 0 Å². The minimum absolute atomic E-state index is 0.126. The Bertz CT molecular complexity index is 663. The summed E-state index contributed by atoms with van der Waals surface area (Å²) in [4.78, 5) is 39.4. The average molecular weight is 345 g/mol. The van der Waals surface area contributed by atoms with Crippen LogP contribution in [0.4, 0.5) is 5.69 Å². The molecule has 25 heavy (non-hydrogen) atoms. The van der Waals surface area contributed by atoms with Crippen molar-refractivity contribution >= 4 is 23.5 Å². The molecular weight excluding hydrogens is 320 g/mol. The normalized spacial score (nSPS) is 26.8. The number of nitrogens with zero attached hydrogens (tertiary/aromatic N) is 1. The fourth-order valence-corrected chi connectivity index (χ4v) is 3.66. The van der Waals surface area contributed by atoms with E-state index < -0.39 is 5.97 Å². The van der Waals surface area contributed by atoms with Crippen LogP contribution >= 0.6 is 0 Å². The number of hydrogen-bond acceptors (Lipinski definition) is 4. The summed E-state index contributed by atoms with van der Waals surface area (Å²) < 4.78 is 4.95. The first kappa shape index (κ1) is 17.6. The summed E-state index contributed by atoms with van der Waals surface area (Å²) in [5.41, 5.74) is 0.937. The predicted molar refractivity (Wildman–Crippen MR) is 92.4 cm³/mol. The number of amides is 2. The summed E-state index contributed by atoms with van der Waals surface area (Å²) in [6.07, 6.45) is 2.46. The lowest BCUT2D eigenvalue weighted by Gasteiger charge is -2.30. The lowest BCUT2D eigenvalue weighted by atomic mass is 9.97. The van der Waals surface area contributed by atoms with Crippen molar-refractivity contribution in [3.05, 3.63) is 29.8 Å². The Hall–Kier alpha value is -2.21. The minimum atomic E-state index is -0.405. The van der Waals surface area contributed by atoms with E-state index in [1.165, 1.54) is 9.80 Å². The molecule has 1 aromatic carbocycles. The third kappa shape index (κ3) is 3.58. The molecular formula is C19H25N2O4+. The van der Waals surface area contributed by atoms with Crippen LogP contribution in [0.15, 0.2) is 24.3 Å². The molecule has 0 spiro atoms. The Labute approximate surface area is 147 Å². The summed E-state index contributed by atoms with van der Waals surface area (Å²) in [7, 11) is 0. The average Bonchev–Trinajstić information content (AvgIpc) is 2.90. The van der Waals surface area contributed by atoms with E-state index in [1.54, 1.807) is 31.2 Å². The van der Waals surface area contributed by atoms with Crippen LogP contribution in [0.25, 0.3) is 0 Å². The van der Waals surface area contributed by atoms with Gasteiger partial charge in [-0.25, -0.2) is 9.69 Å². The fraction of sp³-hybridized carbons (Fsp3) is 0.526. The number of carbonyl (C=O) groups is 3. The maximum Gasteiger partial charge on any atom is 0.338 e. The number of imide groups is 1. The number of quaternary nitrogens is 1. The maximum atomic E-state index is 12.8. The Morgan fingerprint density at radius 3 is 2.44 bits per heavy atom. The van der Waals surface area contributed by atoms with Gasteiger partial charge in [0.25, 0.3) is 5.91 Å². The topological polar surface area (TPSA) is 68.1 Å². The van der Waals surface area contributed by atoms with Crippen LogP contribution in [0.1, 0.15) is 43.5 Å². The number of hydrogen-bond donors (Lipinski definition) is 1. The minimum Gasteiger partial charge on any atom is -0.462 e. The first-order chi connectivity index (χ1) is 12.0. The summed E-state index contributed by atoms with van der Waals surface area (Å²) in [6.45, 7) is 6.18. The summed E-state index contributed by atoms with van der Waals surface area (Å²) >= 11 is 0. The highest BCUT2D eigenvalue weighted by molar-refractivity contribution is 6.21. The Balaban J connectivity index is 1.73. The lowest BCUT2D eigenvalue weighted by molar-refractivity contribution is -0.920. The van der Waals surface area contributed by atoms with E-state index in [9.17, 15) is 14.4 Å². The molecule has 0 aromatic heterocycles. The maximum absolute atomic E-state index is 12.8. The molecule has 2 fully saturated rings. The highest BCUT2D eigenvalue weighted by atomic mass is 16.5. The third-order valence-electron chi connectivity index (χ3n) is 5.19. The van der Waals surface area contributed by atoms with E-state index in [2.05, 4.69) is 6.92 Å². The molecule has 134 valence electrons. The van der Waals surface area contributed by atoms with E-state index in [4.69, 9.17) is 4.74 Å². The van der Waals surface area contributed by atoms with Gasteiger partial charge in [0.15, 0.2) is 6.04 Å². The second kappa shape index (κ2) is 7.35. The molecule has 2 amide bonds. The number of anilines is 1. The molecule has 0 saturated carbocycles. The molecule has 3 rings (SSSR count). The number of likely N-dealkylation sites (tertiary alicyclic amines) is 1. The van der Waals surface area contributed by atoms with E-state index in [1.807, 2.05) is 0 Å². The number of benzene rings is 1. The van der Waals surface area contributed by atoms with Gasteiger partial charge in [0.05, 0.1) is 37.4 Å². The highest BCUT2D eigenvalue weighted by Gasteiger charge is 2.46. The van der Waals surface area contributed by atoms with Crippen molar-refractivity contribution < 1.29 is 24.0 Å². The first-order valence-corrected chi connectivity index (χ1v) is 8.99. The molecule has 6 heteroatoms. The van der Waals surface area contributed by atoms with E-state index in [-0.39, 0.29) is 24.3 Å². The van der Waals surface area contributed by atoms with E-state index in [0.717, 1.165) is 25.9 Å². The number of esters is 1. The van der Waals surface area contributed by atoms with Crippen molar-refractivity contribution in [2.45, 2.75) is 39.2 Å². The molecule has 0 unspecified atom stereocenters. The van der Waals surface area contributed by atoms with Crippen LogP contribution in [-0.2, 0) is 14.3 Å². The number of rotatable bonds is 4. The SMILES string of the molecule is CCOC(=O)c1ccc(N2C(=O)C[C@@H]([NH+]3CCC(C)CC3)C2=O)cc1. The van der Waals surface area contributed by atoms with Crippen molar-refractivity contribution in [1.82, 2.24) is 0 Å². The molecule has 2 saturated heterocycles. The molecule has 2 aliphatic rings. The van der Waals surface area contributed by atoms with Crippen molar-refractivity contribution in [3.63, 3.8) is 0 Å². The first-order valence-electron chi connectivity index (χ1n) is 8.99. The molecule has 1 atom stereocenters. The van der Waals surface area contributed by atoms with Gasteiger partial charge in [-0.15, -0.1) is 0 Å². The van der Waals surface area contributed by atoms with Crippen molar-refractivity contribution in [3.8, 4) is 0 Å². The van der Waals surface area contributed by atoms with E-state index >= 15 is 0 Å². The highest BCUT2D eigenvalue weighted by Crippen LogP contribution is 2.23. The Morgan fingerprint density at radius 2 is 1.84 bits per heavy atom. The van der Waals surface area contributed by atoms with Crippen LogP contribution in [-0.4, -0.2) is 43.5 Å². The molecule has 0 bridgehead atoms. The molecule has 0 aliphatic carbocycles.